The Hall–Kier alpha value is -2.12. The fraction of sp³-hybridized carbons (Fsp3) is 0.594. The molecule has 4 atom stereocenters. The zero-order valence-corrected chi connectivity index (χ0v) is 28.1. The molecule has 3 N–H and O–H groups in total. The Balaban J connectivity index is 1.06. The average molecular weight is 684 g/mol. The molecular weight excluding hydrogens is 639 g/mol. The van der Waals surface area contributed by atoms with Gasteiger partial charge < -0.3 is 24.8 Å². The van der Waals surface area contributed by atoms with Gasteiger partial charge in [-0.2, -0.15) is 0 Å². The maximum Gasteiger partial charge on any atom is 0.314 e. The van der Waals surface area contributed by atoms with E-state index >= 15 is 0 Å². The number of nitrogens with zero attached hydrogens (tertiary/aromatic N) is 1. The van der Waals surface area contributed by atoms with Crippen molar-refractivity contribution in [2.24, 2.45) is 5.92 Å². The van der Waals surface area contributed by atoms with Crippen molar-refractivity contribution in [1.29, 1.82) is 0 Å². The minimum atomic E-state index is -3.72. The van der Waals surface area contributed by atoms with E-state index in [2.05, 4.69) is 27.2 Å². The van der Waals surface area contributed by atoms with Gasteiger partial charge >= 0.3 is 6.03 Å². The van der Waals surface area contributed by atoms with E-state index in [0.29, 0.717) is 54.7 Å². The topological polar surface area (TPSA) is 118 Å². The molecule has 13 heteroatoms. The van der Waals surface area contributed by atoms with Crippen LogP contribution in [0, 0.1) is 5.92 Å². The molecule has 45 heavy (non-hydrogen) atoms. The summed E-state index contributed by atoms with van der Waals surface area (Å²) in [5.74, 6) is 1.34. The van der Waals surface area contributed by atoms with Gasteiger partial charge in [0.25, 0.3) is 0 Å². The van der Waals surface area contributed by atoms with E-state index in [0.717, 1.165) is 42.9 Å². The van der Waals surface area contributed by atoms with Gasteiger partial charge in [0, 0.05) is 47.8 Å². The highest BCUT2D eigenvalue weighted by atomic mass is 35.5. The lowest BCUT2D eigenvalue weighted by molar-refractivity contribution is 0.0516. The average Bonchev–Trinajstić information content (AvgIpc) is 3.74. The molecule has 1 heterocycles. The summed E-state index contributed by atoms with van der Waals surface area (Å²) < 4.78 is 45.8. The summed E-state index contributed by atoms with van der Waals surface area (Å²) in [6.07, 6.45) is 6.28. The number of benzene rings is 2. The Kier molecular flexibility index (Phi) is 12.3. The second kappa shape index (κ2) is 16.1. The highest BCUT2D eigenvalue weighted by molar-refractivity contribution is 7.89. The monoisotopic (exact) mass is 682 g/mol. The van der Waals surface area contributed by atoms with E-state index in [4.69, 9.17) is 37.4 Å². The van der Waals surface area contributed by atoms with E-state index in [-0.39, 0.29) is 36.2 Å². The van der Waals surface area contributed by atoms with Crippen molar-refractivity contribution in [3.63, 3.8) is 0 Å². The van der Waals surface area contributed by atoms with Crippen LogP contribution in [0.25, 0.3) is 0 Å². The summed E-state index contributed by atoms with van der Waals surface area (Å²) in [5, 5.41) is 6.74. The summed E-state index contributed by atoms with van der Waals surface area (Å²) in [6, 6.07) is 10.8. The molecule has 1 aliphatic heterocycles. The molecule has 0 radical (unpaired) electrons. The third kappa shape index (κ3) is 9.03. The number of nitrogens with one attached hydrogen (secondary N) is 3. The first-order chi connectivity index (χ1) is 21.7. The van der Waals surface area contributed by atoms with Crippen molar-refractivity contribution in [2.45, 2.75) is 68.5 Å². The third-order valence-electron chi connectivity index (χ3n) is 8.80. The largest absolute Gasteiger partial charge is 0.484 e. The van der Waals surface area contributed by atoms with Crippen LogP contribution >= 0.6 is 23.2 Å². The predicted octanol–water partition coefficient (Wildman–Crippen LogP) is 4.93. The molecule has 2 bridgehead atoms. The van der Waals surface area contributed by atoms with Crippen molar-refractivity contribution in [2.75, 3.05) is 52.6 Å². The summed E-state index contributed by atoms with van der Waals surface area (Å²) in [4.78, 5) is 14.3. The van der Waals surface area contributed by atoms with Gasteiger partial charge in [-0.1, -0.05) is 36.5 Å². The minimum absolute atomic E-state index is 0.125. The Morgan fingerprint density at radius 3 is 2.40 bits per heavy atom. The molecule has 10 nitrogen and oxygen atoms in total. The van der Waals surface area contributed by atoms with Crippen LogP contribution in [-0.2, 0) is 25.9 Å². The van der Waals surface area contributed by atoms with E-state index in [1.54, 1.807) is 30.3 Å². The molecule has 2 aromatic carbocycles. The van der Waals surface area contributed by atoms with Crippen LogP contribution in [0.3, 0.4) is 0 Å². The first kappa shape index (κ1) is 34.2. The number of halogens is 2. The summed E-state index contributed by atoms with van der Waals surface area (Å²) >= 11 is 13.0. The number of piperidine rings is 1. The minimum Gasteiger partial charge on any atom is -0.484 e. The Morgan fingerprint density at radius 2 is 1.71 bits per heavy atom. The number of rotatable bonds is 17. The third-order valence-corrected chi connectivity index (χ3v) is 10.8. The number of fused-ring (bicyclic) bond motifs is 3. The molecule has 2 aromatic rings. The highest BCUT2D eigenvalue weighted by Gasteiger charge is 2.47. The first-order valence-electron chi connectivity index (χ1n) is 15.9. The van der Waals surface area contributed by atoms with Gasteiger partial charge in [0.1, 0.15) is 11.9 Å². The zero-order valence-electron chi connectivity index (χ0n) is 25.7. The van der Waals surface area contributed by atoms with Gasteiger partial charge in [0.15, 0.2) is 0 Å². The zero-order chi connectivity index (χ0) is 31.8. The van der Waals surface area contributed by atoms with E-state index in [1.807, 2.05) is 6.07 Å². The standard InChI is InChI=1S/C32H44Cl2N4O6S/c1-2-3-10-35-32(39)36-11-13-42-15-16-43-14-12-37-45(40,41)26-8-6-25(7-9-26)44-31-28-18-23(33)19-29(34)27(28)20-30(31)38-21-22-4-5-24(38)17-22/h6-9,18-19,22,24,30-31,37H,2-5,10-17,20-21H2,1H3,(H2,35,36,39)/t22?,24?,30-,31-/m0/s1. The second-order valence-electron chi connectivity index (χ2n) is 11.9. The van der Waals surface area contributed by atoms with Crippen molar-refractivity contribution >= 4 is 39.3 Å². The van der Waals surface area contributed by atoms with Crippen LogP contribution in [0.5, 0.6) is 5.75 Å². The lowest BCUT2D eigenvalue weighted by Gasteiger charge is -2.36. The number of carbonyl (C=O) groups is 1. The molecule has 2 amide bonds. The lowest BCUT2D eigenvalue weighted by atomic mass is 10.0. The Bertz CT molecular complexity index is 1400. The molecule has 2 fully saturated rings. The number of amides is 2. The first-order valence-corrected chi connectivity index (χ1v) is 18.2. The van der Waals surface area contributed by atoms with Crippen LogP contribution < -0.4 is 20.1 Å². The normalized spacial score (nSPS) is 22.5. The second-order valence-corrected chi connectivity index (χ2v) is 14.5. The number of urea groups is 1. The number of likely N-dealkylation sites (tertiary alicyclic amines) is 1. The van der Waals surface area contributed by atoms with Crippen molar-refractivity contribution in [1.82, 2.24) is 20.3 Å². The van der Waals surface area contributed by atoms with Crippen LogP contribution in [0.1, 0.15) is 56.3 Å². The maximum absolute atomic E-state index is 12.9. The van der Waals surface area contributed by atoms with Crippen molar-refractivity contribution in [3.05, 3.63) is 57.6 Å². The molecular formula is C32H44Cl2N4O6S. The van der Waals surface area contributed by atoms with E-state index < -0.39 is 10.0 Å². The van der Waals surface area contributed by atoms with Gasteiger partial charge in [0.2, 0.25) is 10.0 Å². The van der Waals surface area contributed by atoms with Crippen LogP contribution in [0.2, 0.25) is 10.0 Å². The van der Waals surface area contributed by atoms with E-state index in [1.165, 1.54) is 19.3 Å². The predicted molar refractivity (Wildman–Crippen MR) is 175 cm³/mol. The van der Waals surface area contributed by atoms with Crippen LogP contribution in [0.4, 0.5) is 4.79 Å². The summed E-state index contributed by atoms with van der Waals surface area (Å²) in [7, 11) is -3.72. The van der Waals surface area contributed by atoms with E-state index in [9.17, 15) is 13.2 Å². The number of carbonyl (C=O) groups excluding carboxylic acids is 1. The van der Waals surface area contributed by atoms with Crippen molar-refractivity contribution in [3.8, 4) is 5.75 Å². The molecule has 0 aromatic heterocycles. The fourth-order valence-corrected chi connectivity index (χ4v) is 8.19. The number of unbranched alkanes of at least 4 members (excludes halogenated alkanes) is 1. The van der Waals surface area contributed by atoms with Gasteiger partial charge in [-0.15, -0.1) is 0 Å². The smallest absolute Gasteiger partial charge is 0.314 e. The van der Waals surface area contributed by atoms with Crippen molar-refractivity contribution < 1.29 is 27.4 Å². The molecule has 2 aliphatic carbocycles. The van der Waals surface area contributed by atoms with Gasteiger partial charge in [-0.3, -0.25) is 4.90 Å². The highest BCUT2D eigenvalue weighted by Crippen LogP contribution is 2.47. The van der Waals surface area contributed by atoms with Gasteiger partial charge in [-0.05, 0) is 80.0 Å². The summed E-state index contributed by atoms with van der Waals surface area (Å²) in [6.45, 7) is 5.55. The Labute approximate surface area is 276 Å². The molecule has 0 spiro atoms. The number of sulfonamides is 1. The number of ether oxygens (including phenoxy) is 3. The molecule has 1 saturated heterocycles. The fourth-order valence-electron chi connectivity index (χ4n) is 6.59. The number of hydrogen-bond donors (Lipinski definition) is 3. The summed E-state index contributed by atoms with van der Waals surface area (Å²) in [5.41, 5.74) is 2.08. The maximum atomic E-state index is 12.9. The van der Waals surface area contributed by atoms with Gasteiger partial charge in [0.05, 0.1) is 37.4 Å². The lowest BCUT2D eigenvalue weighted by Crippen LogP contribution is -2.44. The number of hydrogen-bond acceptors (Lipinski definition) is 7. The molecule has 2 unspecified atom stereocenters. The molecule has 248 valence electrons. The molecule has 5 rings (SSSR count). The van der Waals surface area contributed by atoms with Crippen LogP contribution in [0.15, 0.2) is 41.3 Å². The molecule has 3 aliphatic rings. The van der Waals surface area contributed by atoms with Gasteiger partial charge in [-0.25, -0.2) is 17.9 Å². The molecule has 1 saturated carbocycles. The van der Waals surface area contributed by atoms with Crippen LogP contribution in [-0.4, -0.2) is 84.0 Å². The Morgan fingerprint density at radius 1 is 0.978 bits per heavy atom. The SMILES string of the molecule is CCCCNC(=O)NCCOCCOCCNS(=O)(=O)c1ccc(O[C@H]2c3cc(Cl)cc(Cl)c3C[C@@H]2N2CC3CCC2C3)cc1. The quantitative estimate of drug-likeness (QED) is 0.203.